The predicted octanol–water partition coefficient (Wildman–Crippen LogP) is 2.65. The van der Waals surface area contributed by atoms with Gasteiger partial charge in [-0.1, -0.05) is 6.92 Å². The minimum absolute atomic E-state index is 0.0424. The normalized spacial score (nSPS) is 10.7. The van der Waals surface area contributed by atoms with Gasteiger partial charge in [0.2, 0.25) is 11.9 Å². The quantitative estimate of drug-likeness (QED) is 0.643. The lowest BCUT2D eigenvalue weighted by molar-refractivity contribution is 0.222. The maximum absolute atomic E-state index is 5.56. The van der Waals surface area contributed by atoms with Crippen molar-refractivity contribution in [3.05, 3.63) is 0 Å². The molecule has 6 nitrogen and oxygen atoms in total. The van der Waals surface area contributed by atoms with Gasteiger partial charge in [-0.3, -0.25) is 0 Å². The summed E-state index contributed by atoms with van der Waals surface area (Å²) >= 11 is 1.83. The summed E-state index contributed by atoms with van der Waals surface area (Å²) < 4.78 is 5.56. The summed E-state index contributed by atoms with van der Waals surface area (Å²) in [6, 6.07) is 0.362. The van der Waals surface area contributed by atoms with Crippen molar-refractivity contribution in [1.29, 1.82) is 0 Å². The molecule has 1 rings (SSSR count). The highest BCUT2D eigenvalue weighted by molar-refractivity contribution is 7.98. The van der Waals surface area contributed by atoms with Crippen LogP contribution in [0.5, 0.6) is 6.01 Å². The predicted molar refractivity (Wildman–Crippen MR) is 85.9 cm³/mol. The Labute approximate surface area is 125 Å². The molecule has 0 saturated carbocycles. The van der Waals surface area contributed by atoms with Crippen LogP contribution >= 0.6 is 11.8 Å². The molecular weight excluding hydrogens is 274 g/mol. The first kappa shape index (κ1) is 16.8. The summed E-state index contributed by atoms with van der Waals surface area (Å²) in [7, 11) is 0. The topological polar surface area (TPSA) is 72.0 Å². The van der Waals surface area contributed by atoms with E-state index in [1.807, 2.05) is 25.6 Å². The van der Waals surface area contributed by atoms with Crippen LogP contribution in [0.15, 0.2) is 0 Å². The minimum Gasteiger partial charge on any atom is -0.461 e. The van der Waals surface area contributed by atoms with Gasteiger partial charge < -0.3 is 15.4 Å². The van der Waals surface area contributed by atoms with Gasteiger partial charge in [-0.2, -0.15) is 26.7 Å². The Bertz CT molecular complexity index is 389. The Morgan fingerprint density at radius 3 is 2.30 bits per heavy atom. The van der Waals surface area contributed by atoms with E-state index in [-0.39, 0.29) is 6.10 Å². The zero-order valence-corrected chi connectivity index (χ0v) is 13.6. The van der Waals surface area contributed by atoms with Crippen LogP contribution in [0, 0.1) is 0 Å². The average Bonchev–Trinajstić information content (AvgIpc) is 2.40. The van der Waals surface area contributed by atoms with E-state index >= 15 is 0 Å². The minimum atomic E-state index is 0.0424. The zero-order chi connectivity index (χ0) is 14.8. The van der Waals surface area contributed by atoms with Crippen LogP contribution < -0.4 is 15.4 Å². The zero-order valence-electron chi connectivity index (χ0n) is 12.8. The Kier molecular flexibility index (Phi) is 8.10. The number of rotatable bonds is 10. The molecule has 20 heavy (non-hydrogen) atoms. The Hall–Kier alpha value is -1.24. The van der Waals surface area contributed by atoms with E-state index in [2.05, 4.69) is 38.8 Å². The molecule has 1 aromatic rings. The molecule has 0 saturated heterocycles. The van der Waals surface area contributed by atoms with Crippen LogP contribution in [-0.4, -0.2) is 46.2 Å². The summed E-state index contributed by atoms with van der Waals surface area (Å²) in [6.45, 7) is 7.68. The first-order valence-corrected chi connectivity index (χ1v) is 8.44. The monoisotopic (exact) mass is 299 g/mol. The summed E-state index contributed by atoms with van der Waals surface area (Å²) in [5.41, 5.74) is 0. The molecule has 0 amide bonds. The smallest absolute Gasteiger partial charge is 0.323 e. The summed E-state index contributed by atoms with van der Waals surface area (Å²) in [5, 5.41) is 6.38. The van der Waals surface area contributed by atoms with E-state index < -0.39 is 0 Å². The van der Waals surface area contributed by atoms with Crippen LogP contribution in [0.1, 0.15) is 33.6 Å². The third-order valence-corrected chi connectivity index (χ3v) is 2.99. The van der Waals surface area contributed by atoms with Gasteiger partial charge in [0, 0.05) is 13.1 Å². The van der Waals surface area contributed by atoms with E-state index in [0.29, 0.717) is 17.9 Å². The van der Waals surface area contributed by atoms with E-state index in [1.165, 1.54) is 0 Å². The molecule has 0 fully saturated rings. The van der Waals surface area contributed by atoms with Crippen molar-refractivity contribution < 1.29 is 4.74 Å². The second-order valence-electron chi connectivity index (χ2n) is 4.63. The fraction of sp³-hybridized carbons (Fsp3) is 0.769. The number of nitrogens with zero attached hydrogens (tertiary/aromatic N) is 3. The third-order valence-electron chi connectivity index (χ3n) is 2.30. The van der Waals surface area contributed by atoms with E-state index in [9.17, 15) is 0 Å². The molecule has 7 heteroatoms. The van der Waals surface area contributed by atoms with Crippen molar-refractivity contribution in [2.24, 2.45) is 0 Å². The number of hydrogen-bond donors (Lipinski definition) is 2. The molecule has 0 aliphatic heterocycles. The van der Waals surface area contributed by atoms with Crippen LogP contribution in [0.25, 0.3) is 0 Å². The van der Waals surface area contributed by atoms with Crippen LogP contribution in [0.3, 0.4) is 0 Å². The lowest BCUT2D eigenvalue weighted by Gasteiger charge is -2.12. The maximum Gasteiger partial charge on any atom is 0.323 e. The summed E-state index contributed by atoms with van der Waals surface area (Å²) in [5.74, 6) is 2.24. The average molecular weight is 299 g/mol. The highest BCUT2D eigenvalue weighted by atomic mass is 32.2. The molecule has 1 heterocycles. The molecule has 0 atom stereocenters. The van der Waals surface area contributed by atoms with Crippen molar-refractivity contribution >= 4 is 23.7 Å². The molecule has 1 aromatic heterocycles. The van der Waals surface area contributed by atoms with E-state index in [1.54, 1.807) is 0 Å². The van der Waals surface area contributed by atoms with Crippen molar-refractivity contribution in [3.8, 4) is 6.01 Å². The van der Waals surface area contributed by atoms with Crippen molar-refractivity contribution in [2.75, 3.05) is 35.7 Å². The number of ether oxygens (including phenoxy) is 1. The third kappa shape index (κ3) is 6.79. The molecule has 2 N–H and O–H groups in total. The van der Waals surface area contributed by atoms with Gasteiger partial charge in [-0.15, -0.1) is 0 Å². The summed E-state index contributed by atoms with van der Waals surface area (Å²) in [4.78, 5) is 12.9. The number of aromatic nitrogens is 3. The molecule has 0 aromatic carbocycles. The van der Waals surface area contributed by atoms with E-state index in [4.69, 9.17) is 4.74 Å². The largest absolute Gasteiger partial charge is 0.461 e. The number of nitrogens with one attached hydrogen (secondary N) is 2. The SMILES string of the molecule is CCCNc1nc(NCCCSC)nc(OC(C)C)n1. The Morgan fingerprint density at radius 2 is 1.75 bits per heavy atom. The lowest BCUT2D eigenvalue weighted by Crippen LogP contribution is -2.14. The van der Waals surface area contributed by atoms with Gasteiger partial charge in [-0.25, -0.2) is 0 Å². The van der Waals surface area contributed by atoms with Gasteiger partial charge in [-0.05, 0) is 38.7 Å². The molecule has 0 unspecified atom stereocenters. The highest BCUT2D eigenvalue weighted by Crippen LogP contribution is 2.12. The van der Waals surface area contributed by atoms with Crippen LogP contribution in [0.2, 0.25) is 0 Å². The van der Waals surface area contributed by atoms with Gasteiger partial charge >= 0.3 is 6.01 Å². The molecule has 0 aliphatic rings. The van der Waals surface area contributed by atoms with Crippen molar-refractivity contribution in [1.82, 2.24) is 15.0 Å². The van der Waals surface area contributed by atoms with E-state index in [0.717, 1.165) is 31.7 Å². The lowest BCUT2D eigenvalue weighted by atomic mass is 10.5. The Balaban J connectivity index is 2.69. The van der Waals surface area contributed by atoms with Crippen LogP contribution in [0.4, 0.5) is 11.9 Å². The fourth-order valence-electron chi connectivity index (χ4n) is 1.43. The second kappa shape index (κ2) is 9.63. The second-order valence-corrected chi connectivity index (χ2v) is 5.62. The fourth-order valence-corrected chi connectivity index (χ4v) is 1.86. The van der Waals surface area contributed by atoms with Crippen molar-refractivity contribution in [2.45, 2.75) is 39.7 Å². The number of hydrogen-bond acceptors (Lipinski definition) is 7. The van der Waals surface area contributed by atoms with Gasteiger partial charge in [0.25, 0.3) is 0 Å². The first-order chi connectivity index (χ1) is 9.65. The highest BCUT2D eigenvalue weighted by Gasteiger charge is 2.08. The molecule has 0 spiro atoms. The molecule has 114 valence electrons. The standard InChI is InChI=1S/C13H25N5OS/c1-5-7-14-11-16-12(15-8-6-9-20-4)18-13(17-11)19-10(2)3/h10H,5-9H2,1-4H3,(H2,14,15,16,17,18). The molecule has 0 aliphatic carbocycles. The van der Waals surface area contributed by atoms with Gasteiger partial charge in [0.1, 0.15) is 0 Å². The molecule has 0 bridgehead atoms. The van der Waals surface area contributed by atoms with Gasteiger partial charge in [0.15, 0.2) is 0 Å². The maximum atomic E-state index is 5.56. The summed E-state index contributed by atoms with van der Waals surface area (Å²) in [6.07, 6.45) is 4.23. The molecular formula is C13H25N5OS. The number of anilines is 2. The van der Waals surface area contributed by atoms with Crippen molar-refractivity contribution in [3.63, 3.8) is 0 Å². The first-order valence-electron chi connectivity index (χ1n) is 7.05. The number of thioether (sulfide) groups is 1. The Morgan fingerprint density at radius 1 is 1.10 bits per heavy atom. The van der Waals surface area contributed by atoms with Gasteiger partial charge in [0.05, 0.1) is 6.10 Å². The van der Waals surface area contributed by atoms with Crippen LogP contribution in [-0.2, 0) is 0 Å². The molecule has 0 radical (unpaired) electrons.